The largest absolute Gasteiger partial charge is 0.493 e. The normalized spacial score (nSPS) is 10.0. The van der Waals surface area contributed by atoms with Crippen molar-refractivity contribution in [3.63, 3.8) is 0 Å². The number of halogens is 1. The molecule has 0 aliphatic carbocycles. The molecule has 0 aliphatic heterocycles. The van der Waals surface area contributed by atoms with Crippen LogP contribution in [0.2, 0.25) is 5.15 Å². The number of hydrogen-bond donors (Lipinski definition) is 0. The summed E-state index contributed by atoms with van der Waals surface area (Å²) in [5.74, 6) is 1.92. The highest BCUT2D eigenvalue weighted by Gasteiger charge is 2.13. The second kappa shape index (κ2) is 6.42. The topological polar surface area (TPSA) is 68.0 Å². The first-order valence-electron chi connectivity index (χ1n) is 6.38. The number of aromatic nitrogens is 2. The van der Waals surface area contributed by atoms with E-state index in [-0.39, 0.29) is 0 Å². The fraction of sp³-hybridized carbons (Fsp3) is 0.267. The summed E-state index contributed by atoms with van der Waals surface area (Å²) in [5, 5.41) is 9.27. The highest BCUT2D eigenvalue weighted by molar-refractivity contribution is 6.30. The first-order valence-corrected chi connectivity index (χ1v) is 6.75. The Kier molecular flexibility index (Phi) is 4.61. The maximum absolute atomic E-state index is 8.90. The number of methoxy groups -OCH3 is 1. The van der Waals surface area contributed by atoms with Gasteiger partial charge in [-0.2, -0.15) is 10.2 Å². The monoisotopic (exact) mass is 303 g/mol. The van der Waals surface area contributed by atoms with E-state index in [1.807, 2.05) is 13.0 Å². The summed E-state index contributed by atoms with van der Waals surface area (Å²) in [6.45, 7) is 3.72. The Bertz CT molecular complexity index is 711. The Balaban J connectivity index is 2.43. The molecule has 0 spiro atoms. The minimum absolute atomic E-state index is 0.365. The van der Waals surface area contributed by atoms with Crippen molar-refractivity contribution in [2.75, 3.05) is 7.11 Å². The lowest BCUT2D eigenvalue weighted by atomic mass is 10.2. The molecule has 0 atom stereocenters. The first kappa shape index (κ1) is 15.1. The summed E-state index contributed by atoms with van der Waals surface area (Å²) < 4.78 is 11.0. The van der Waals surface area contributed by atoms with Gasteiger partial charge in [0.1, 0.15) is 11.0 Å². The van der Waals surface area contributed by atoms with Gasteiger partial charge in [-0.25, -0.2) is 4.98 Å². The molecule has 0 radical (unpaired) electrons. The molecular formula is C15H14ClN3O2. The smallest absolute Gasteiger partial charge is 0.227 e. The average molecular weight is 304 g/mol. The third-order valence-corrected chi connectivity index (χ3v) is 3.27. The van der Waals surface area contributed by atoms with Crippen LogP contribution in [0.1, 0.15) is 23.9 Å². The van der Waals surface area contributed by atoms with E-state index in [0.29, 0.717) is 45.9 Å². The highest BCUT2D eigenvalue weighted by atomic mass is 35.5. The molecule has 0 saturated carbocycles. The van der Waals surface area contributed by atoms with Crippen LogP contribution in [-0.4, -0.2) is 17.1 Å². The van der Waals surface area contributed by atoms with Crippen molar-refractivity contribution in [2.24, 2.45) is 0 Å². The zero-order valence-electron chi connectivity index (χ0n) is 12.0. The van der Waals surface area contributed by atoms with E-state index < -0.39 is 0 Å². The minimum Gasteiger partial charge on any atom is -0.493 e. The Morgan fingerprint density at radius 2 is 2.05 bits per heavy atom. The average Bonchev–Trinajstić information content (AvgIpc) is 2.51. The maximum atomic E-state index is 8.90. The molecule has 2 aromatic rings. The summed E-state index contributed by atoms with van der Waals surface area (Å²) in [6.07, 6.45) is 0.654. The number of nitriles is 1. The quantitative estimate of drug-likeness (QED) is 0.806. The Morgan fingerprint density at radius 1 is 1.29 bits per heavy atom. The molecule has 0 unspecified atom stereocenters. The number of hydrogen-bond acceptors (Lipinski definition) is 5. The molecule has 0 saturated heterocycles. The number of rotatable bonds is 4. The van der Waals surface area contributed by atoms with Gasteiger partial charge in [-0.3, -0.25) is 0 Å². The SMILES string of the molecule is CCc1nc(Cl)c(C)c(Oc2ccc(C#N)cc2OC)n1. The van der Waals surface area contributed by atoms with E-state index in [4.69, 9.17) is 26.3 Å². The molecule has 5 nitrogen and oxygen atoms in total. The van der Waals surface area contributed by atoms with Crippen LogP contribution >= 0.6 is 11.6 Å². The number of benzene rings is 1. The molecule has 1 heterocycles. The predicted octanol–water partition coefficient (Wildman–Crippen LogP) is 3.67. The van der Waals surface area contributed by atoms with Crippen molar-refractivity contribution in [1.82, 2.24) is 9.97 Å². The van der Waals surface area contributed by atoms with Crippen molar-refractivity contribution >= 4 is 11.6 Å². The van der Waals surface area contributed by atoms with Gasteiger partial charge in [-0.05, 0) is 19.1 Å². The molecule has 1 aromatic heterocycles. The third-order valence-electron chi connectivity index (χ3n) is 2.90. The van der Waals surface area contributed by atoms with Gasteiger partial charge in [0.05, 0.1) is 18.7 Å². The highest BCUT2D eigenvalue weighted by Crippen LogP contribution is 2.34. The van der Waals surface area contributed by atoms with Gasteiger partial charge in [0.15, 0.2) is 11.5 Å². The Morgan fingerprint density at radius 3 is 2.67 bits per heavy atom. The second-order valence-corrected chi connectivity index (χ2v) is 4.65. The van der Waals surface area contributed by atoms with E-state index in [0.717, 1.165) is 0 Å². The summed E-state index contributed by atoms with van der Waals surface area (Å²) in [7, 11) is 1.51. The van der Waals surface area contributed by atoms with Gasteiger partial charge < -0.3 is 9.47 Å². The van der Waals surface area contributed by atoms with E-state index in [1.165, 1.54) is 7.11 Å². The van der Waals surface area contributed by atoms with Crippen molar-refractivity contribution < 1.29 is 9.47 Å². The van der Waals surface area contributed by atoms with Crippen molar-refractivity contribution in [3.8, 4) is 23.4 Å². The molecule has 0 amide bonds. The summed E-state index contributed by atoms with van der Waals surface area (Å²) in [5.41, 5.74) is 1.14. The van der Waals surface area contributed by atoms with Gasteiger partial charge in [-0.1, -0.05) is 18.5 Å². The third kappa shape index (κ3) is 3.23. The molecular weight excluding hydrogens is 290 g/mol. The molecule has 0 bridgehead atoms. The van der Waals surface area contributed by atoms with Crippen LogP contribution in [-0.2, 0) is 6.42 Å². The van der Waals surface area contributed by atoms with Crippen LogP contribution in [0.25, 0.3) is 0 Å². The van der Waals surface area contributed by atoms with Crippen LogP contribution < -0.4 is 9.47 Å². The number of nitrogens with zero attached hydrogens (tertiary/aromatic N) is 3. The predicted molar refractivity (Wildman–Crippen MR) is 78.9 cm³/mol. The van der Waals surface area contributed by atoms with Gasteiger partial charge in [0.2, 0.25) is 5.88 Å². The number of aryl methyl sites for hydroxylation is 1. The lowest BCUT2D eigenvalue weighted by Crippen LogP contribution is -2.01. The fourth-order valence-electron chi connectivity index (χ4n) is 1.69. The van der Waals surface area contributed by atoms with Crippen LogP contribution in [0.5, 0.6) is 17.4 Å². The zero-order chi connectivity index (χ0) is 15.4. The molecule has 0 fully saturated rings. The van der Waals surface area contributed by atoms with E-state index in [1.54, 1.807) is 25.1 Å². The molecule has 2 rings (SSSR count). The van der Waals surface area contributed by atoms with E-state index >= 15 is 0 Å². The van der Waals surface area contributed by atoms with Crippen LogP contribution in [0.4, 0.5) is 0 Å². The van der Waals surface area contributed by atoms with Crippen LogP contribution in [0, 0.1) is 18.3 Å². The maximum Gasteiger partial charge on any atom is 0.227 e. The van der Waals surface area contributed by atoms with Crippen molar-refractivity contribution in [3.05, 3.63) is 40.3 Å². The summed E-state index contributed by atoms with van der Waals surface area (Å²) in [4.78, 5) is 8.49. The molecule has 21 heavy (non-hydrogen) atoms. The standard InChI is InChI=1S/C15H14ClN3O2/c1-4-13-18-14(16)9(2)15(19-13)21-11-6-5-10(8-17)7-12(11)20-3/h5-7H,4H2,1-3H3. The molecule has 6 heteroatoms. The second-order valence-electron chi connectivity index (χ2n) is 4.29. The lowest BCUT2D eigenvalue weighted by molar-refractivity contribution is 0.372. The Hall–Kier alpha value is -2.32. The van der Waals surface area contributed by atoms with Gasteiger partial charge in [0.25, 0.3) is 0 Å². The number of ether oxygens (including phenoxy) is 2. The summed E-state index contributed by atoms with van der Waals surface area (Å²) >= 11 is 6.08. The molecule has 1 aromatic carbocycles. The lowest BCUT2D eigenvalue weighted by Gasteiger charge is -2.12. The van der Waals surface area contributed by atoms with Gasteiger partial charge >= 0.3 is 0 Å². The van der Waals surface area contributed by atoms with Crippen molar-refractivity contribution in [1.29, 1.82) is 5.26 Å². The Labute approximate surface area is 128 Å². The van der Waals surface area contributed by atoms with Gasteiger partial charge in [0, 0.05) is 18.1 Å². The fourth-order valence-corrected chi connectivity index (χ4v) is 1.87. The molecule has 0 N–H and O–H groups in total. The van der Waals surface area contributed by atoms with Crippen LogP contribution in [0.15, 0.2) is 18.2 Å². The van der Waals surface area contributed by atoms with Crippen molar-refractivity contribution in [2.45, 2.75) is 20.3 Å². The summed E-state index contributed by atoms with van der Waals surface area (Å²) in [6, 6.07) is 6.97. The van der Waals surface area contributed by atoms with Crippen LogP contribution in [0.3, 0.4) is 0 Å². The minimum atomic E-state index is 0.365. The molecule has 0 aliphatic rings. The van der Waals surface area contributed by atoms with E-state index in [9.17, 15) is 0 Å². The first-order chi connectivity index (χ1) is 10.1. The van der Waals surface area contributed by atoms with Gasteiger partial charge in [-0.15, -0.1) is 0 Å². The van der Waals surface area contributed by atoms with E-state index in [2.05, 4.69) is 9.97 Å². The molecule has 108 valence electrons. The zero-order valence-corrected chi connectivity index (χ0v) is 12.7.